The molecule has 0 aromatic rings. The number of amides is 1. The van der Waals surface area contributed by atoms with Gasteiger partial charge in [-0.1, -0.05) is 57.5 Å². The minimum Gasteiger partial charge on any atom is -0.350 e. The Morgan fingerprint density at radius 3 is 1.82 bits per heavy atom. The summed E-state index contributed by atoms with van der Waals surface area (Å²) in [5.74, 6) is 0.370. The lowest BCUT2D eigenvalue weighted by atomic mass is 9.94. The molecule has 1 amide bonds. The molecule has 0 aromatic carbocycles. The molecule has 0 unspecified atom stereocenters. The Labute approximate surface area is 114 Å². The van der Waals surface area contributed by atoms with E-state index in [-0.39, 0.29) is 28.2 Å². The molecule has 1 aliphatic carbocycles. The fourth-order valence-electron chi connectivity index (χ4n) is 2.83. The van der Waals surface area contributed by atoms with E-state index in [1.807, 2.05) is 0 Å². The largest absolute Gasteiger partial charge is 0.350 e. The molecule has 1 rings (SSSR count). The third kappa shape index (κ3) is 2.27. The average Bonchev–Trinajstić information content (AvgIpc) is 2.66. The molecule has 3 heteroatoms. The highest BCUT2D eigenvalue weighted by Crippen LogP contribution is 2.68. The molecule has 0 aliphatic heterocycles. The molecular weight excluding hydrogens is 278 g/mol. The van der Waals surface area contributed by atoms with Gasteiger partial charge in [-0.3, -0.25) is 4.79 Å². The second-order valence-corrected chi connectivity index (χ2v) is 7.05. The molecule has 1 fully saturated rings. The highest BCUT2D eigenvalue weighted by Gasteiger charge is 2.68. The number of rotatable bonds is 5. The maximum Gasteiger partial charge on any atom is 0.224 e. The topological polar surface area (TPSA) is 29.1 Å². The van der Waals surface area contributed by atoms with Gasteiger partial charge in [-0.05, 0) is 23.7 Å². The van der Waals surface area contributed by atoms with Crippen LogP contribution < -0.4 is 5.32 Å². The van der Waals surface area contributed by atoms with E-state index in [4.69, 9.17) is 0 Å². The summed E-state index contributed by atoms with van der Waals surface area (Å²) in [7, 11) is 0. The summed E-state index contributed by atoms with van der Waals surface area (Å²) in [5.41, 5.74) is 0.166. The highest BCUT2D eigenvalue weighted by atomic mass is 79.9. The Hall–Kier alpha value is -0.0500. The van der Waals surface area contributed by atoms with Crippen molar-refractivity contribution < 1.29 is 4.79 Å². The molecule has 100 valence electrons. The van der Waals surface area contributed by atoms with Crippen molar-refractivity contribution in [1.29, 1.82) is 0 Å². The van der Waals surface area contributed by atoms with E-state index in [0.29, 0.717) is 0 Å². The van der Waals surface area contributed by atoms with E-state index < -0.39 is 0 Å². The lowest BCUT2D eigenvalue weighted by Crippen LogP contribution is -2.50. The predicted octanol–water partition coefficient (Wildman–Crippen LogP) is 3.74. The van der Waals surface area contributed by atoms with Gasteiger partial charge in [0.25, 0.3) is 0 Å². The molecule has 0 spiro atoms. The number of halogens is 1. The third-order valence-electron chi connectivity index (χ3n) is 5.28. The molecule has 0 bridgehead atoms. The third-order valence-corrected chi connectivity index (χ3v) is 6.35. The van der Waals surface area contributed by atoms with E-state index in [2.05, 4.69) is 62.8 Å². The van der Waals surface area contributed by atoms with Crippen LogP contribution in [0.25, 0.3) is 0 Å². The summed E-state index contributed by atoms with van der Waals surface area (Å²) in [4.78, 5) is 12.4. The van der Waals surface area contributed by atoms with Crippen LogP contribution in [0.5, 0.6) is 0 Å². The van der Waals surface area contributed by atoms with Crippen molar-refractivity contribution in [2.75, 3.05) is 5.33 Å². The smallest absolute Gasteiger partial charge is 0.224 e. The Morgan fingerprint density at radius 2 is 1.59 bits per heavy atom. The molecule has 0 atom stereocenters. The Morgan fingerprint density at radius 1 is 1.18 bits per heavy atom. The molecule has 17 heavy (non-hydrogen) atoms. The minimum absolute atomic E-state index is 0.0775. The predicted molar refractivity (Wildman–Crippen MR) is 76.3 cm³/mol. The van der Waals surface area contributed by atoms with Gasteiger partial charge in [0.15, 0.2) is 0 Å². The van der Waals surface area contributed by atoms with Crippen molar-refractivity contribution in [3.63, 3.8) is 0 Å². The quantitative estimate of drug-likeness (QED) is 0.770. The summed E-state index contributed by atoms with van der Waals surface area (Å²) in [6.45, 7) is 13.0. The summed E-state index contributed by atoms with van der Waals surface area (Å²) < 4.78 is 0. The van der Waals surface area contributed by atoms with Crippen molar-refractivity contribution in [2.24, 2.45) is 16.7 Å². The second kappa shape index (κ2) is 4.56. The van der Waals surface area contributed by atoms with Crippen LogP contribution in [-0.4, -0.2) is 16.8 Å². The maximum absolute atomic E-state index is 12.4. The number of alkyl halides is 1. The van der Waals surface area contributed by atoms with Crippen LogP contribution in [0.2, 0.25) is 0 Å². The molecule has 1 saturated carbocycles. The zero-order valence-corrected chi connectivity index (χ0v) is 13.6. The van der Waals surface area contributed by atoms with Gasteiger partial charge >= 0.3 is 0 Å². The number of nitrogens with one attached hydrogen (secondary N) is 1. The SMILES string of the molecule is CCC(CC)(CBr)NC(=O)C1C(C)(C)C1(C)C. The number of carbonyl (C=O) groups excluding carboxylic acids is 1. The molecule has 1 N–H and O–H groups in total. The van der Waals surface area contributed by atoms with Gasteiger partial charge in [0.2, 0.25) is 5.91 Å². The van der Waals surface area contributed by atoms with Gasteiger partial charge in [-0.2, -0.15) is 0 Å². The normalized spacial score (nSPS) is 22.3. The monoisotopic (exact) mass is 303 g/mol. The van der Waals surface area contributed by atoms with Gasteiger partial charge in [-0.25, -0.2) is 0 Å². The van der Waals surface area contributed by atoms with Crippen molar-refractivity contribution in [3.05, 3.63) is 0 Å². The van der Waals surface area contributed by atoms with Crippen LogP contribution in [0.15, 0.2) is 0 Å². The molecule has 0 saturated heterocycles. The summed E-state index contributed by atoms with van der Waals surface area (Å²) in [6, 6.07) is 0. The second-order valence-electron chi connectivity index (χ2n) is 6.49. The van der Waals surface area contributed by atoms with Crippen LogP contribution in [0.1, 0.15) is 54.4 Å². The minimum atomic E-state index is -0.0775. The van der Waals surface area contributed by atoms with Crippen molar-refractivity contribution in [2.45, 2.75) is 59.9 Å². The molecule has 1 aliphatic rings. The average molecular weight is 304 g/mol. The summed E-state index contributed by atoms with van der Waals surface area (Å²) >= 11 is 3.53. The fraction of sp³-hybridized carbons (Fsp3) is 0.929. The number of carbonyl (C=O) groups is 1. The lowest BCUT2D eigenvalue weighted by Gasteiger charge is -2.31. The standard InChI is InChI=1S/C14H26BrNO/c1-7-14(8-2,9-15)16-11(17)10-12(3,4)13(10,5)6/h10H,7-9H2,1-6H3,(H,16,17). The summed E-state index contributed by atoms with van der Waals surface area (Å²) in [6.07, 6.45) is 1.93. The Kier molecular flexibility index (Phi) is 4.03. The fourth-order valence-corrected chi connectivity index (χ4v) is 3.77. The first-order valence-electron chi connectivity index (χ1n) is 6.56. The molecule has 0 radical (unpaired) electrons. The summed E-state index contributed by atoms with van der Waals surface area (Å²) in [5, 5.41) is 4.09. The van der Waals surface area contributed by atoms with E-state index in [1.165, 1.54) is 0 Å². The first-order valence-corrected chi connectivity index (χ1v) is 7.68. The van der Waals surface area contributed by atoms with E-state index in [9.17, 15) is 4.79 Å². The van der Waals surface area contributed by atoms with Crippen LogP contribution in [0.4, 0.5) is 0 Å². The first-order chi connectivity index (χ1) is 7.68. The first kappa shape index (κ1) is 15.0. The van der Waals surface area contributed by atoms with E-state index in [1.54, 1.807) is 0 Å². The van der Waals surface area contributed by atoms with Gasteiger partial charge in [0, 0.05) is 16.8 Å². The Bertz CT molecular complexity index is 283. The van der Waals surface area contributed by atoms with Crippen LogP contribution in [-0.2, 0) is 4.79 Å². The highest BCUT2D eigenvalue weighted by molar-refractivity contribution is 9.09. The van der Waals surface area contributed by atoms with Crippen molar-refractivity contribution in [3.8, 4) is 0 Å². The number of hydrogen-bond donors (Lipinski definition) is 1. The zero-order chi connectivity index (χ0) is 13.5. The van der Waals surface area contributed by atoms with Crippen LogP contribution >= 0.6 is 15.9 Å². The zero-order valence-electron chi connectivity index (χ0n) is 12.0. The van der Waals surface area contributed by atoms with E-state index >= 15 is 0 Å². The van der Waals surface area contributed by atoms with Gasteiger partial charge in [0.1, 0.15) is 0 Å². The maximum atomic E-state index is 12.4. The number of hydrogen-bond acceptors (Lipinski definition) is 1. The van der Waals surface area contributed by atoms with E-state index in [0.717, 1.165) is 18.2 Å². The molecule has 0 aromatic heterocycles. The van der Waals surface area contributed by atoms with Crippen molar-refractivity contribution >= 4 is 21.8 Å². The molecule has 0 heterocycles. The van der Waals surface area contributed by atoms with Crippen molar-refractivity contribution in [1.82, 2.24) is 5.32 Å². The van der Waals surface area contributed by atoms with Crippen LogP contribution in [0.3, 0.4) is 0 Å². The lowest BCUT2D eigenvalue weighted by molar-refractivity contribution is -0.125. The molecular formula is C14H26BrNO. The van der Waals surface area contributed by atoms with Crippen LogP contribution in [0, 0.1) is 16.7 Å². The van der Waals surface area contributed by atoms with Gasteiger partial charge in [-0.15, -0.1) is 0 Å². The van der Waals surface area contributed by atoms with Gasteiger partial charge in [0.05, 0.1) is 0 Å². The van der Waals surface area contributed by atoms with Gasteiger partial charge < -0.3 is 5.32 Å². The molecule has 2 nitrogen and oxygen atoms in total. The Balaban J connectivity index is 2.75.